The van der Waals surface area contributed by atoms with Gasteiger partial charge in [0, 0.05) is 12.1 Å². The van der Waals surface area contributed by atoms with Crippen LogP contribution in [0.1, 0.15) is 22.6 Å². The molecule has 0 saturated carbocycles. The van der Waals surface area contributed by atoms with Crippen molar-refractivity contribution in [3.8, 4) is 11.5 Å². The van der Waals surface area contributed by atoms with Gasteiger partial charge >= 0.3 is 5.97 Å². The maximum atomic E-state index is 12.4. The molecule has 3 aromatic rings. The molecule has 0 saturated heterocycles. The highest BCUT2D eigenvalue weighted by molar-refractivity contribution is 5.79. The van der Waals surface area contributed by atoms with Crippen molar-refractivity contribution in [3.63, 3.8) is 0 Å². The van der Waals surface area contributed by atoms with Gasteiger partial charge in [-0.1, -0.05) is 48.0 Å². The molecule has 0 aliphatic carbocycles. The third kappa shape index (κ3) is 5.54. The number of nitrogens with zero attached hydrogens (tertiary/aromatic N) is 1. The Morgan fingerprint density at radius 1 is 1.10 bits per heavy atom. The average molecular weight is 392 g/mol. The first-order chi connectivity index (χ1) is 13.9. The zero-order chi connectivity index (χ0) is 20.8. The van der Waals surface area contributed by atoms with E-state index >= 15 is 0 Å². The fourth-order valence-electron chi connectivity index (χ4n) is 3.12. The molecular weight excluding hydrogens is 368 g/mol. The second kappa shape index (κ2) is 9.19. The molecule has 1 heterocycles. The Bertz CT molecular complexity index is 995. The number of oxazole rings is 1. The van der Waals surface area contributed by atoms with Gasteiger partial charge in [0.15, 0.2) is 0 Å². The van der Waals surface area contributed by atoms with Crippen molar-refractivity contribution in [2.75, 3.05) is 6.54 Å². The molecule has 0 aliphatic rings. The van der Waals surface area contributed by atoms with Gasteiger partial charge in [-0.15, -0.1) is 0 Å². The van der Waals surface area contributed by atoms with Gasteiger partial charge in [-0.25, -0.2) is 4.98 Å². The topological polar surface area (TPSA) is 92.4 Å². The highest BCUT2D eigenvalue weighted by atomic mass is 16.4. The summed E-state index contributed by atoms with van der Waals surface area (Å²) in [6.45, 7) is 3.79. The second-order valence-electron chi connectivity index (χ2n) is 7.10. The van der Waals surface area contributed by atoms with Crippen LogP contribution in [0.3, 0.4) is 0 Å². The van der Waals surface area contributed by atoms with E-state index in [1.165, 1.54) is 0 Å². The summed E-state index contributed by atoms with van der Waals surface area (Å²) in [6, 6.07) is 17.2. The lowest BCUT2D eigenvalue weighted by molar-refractivity contribution is -0.141. The number of carboxylic acid groups (broad SMARTS) is 1. The van der Waals surface area contributed by atoms with Crippen LogP contribution in [0.2, 0.25) is 0 Å². The van der Waals surface area contributed by atoms with Gasteiger partial charge in [0.1, 0.15) is 5.76 Å². The van der Waals surface area contributed by atoms with E-state index in [1.54, 1.807) is 6.92 Å². The predicted molar refractivity (Wildman–Crippen MR) is 109 cm³/mol. The normalized spacial score (nSPS) is 11.8. The van der Waals surface area contributed by atoms with Crippen LogP contribution in [0.15, 0.2) is 59.0 Å². The first-order valence-electron chi connectivity index (χ1n) is 9.49. The second-order valence-corrected chi connectivity index (χ2v) is 7.10. The number of hydrogen-bond acceptors (Lipinski definition) is 4. The zero-order valence-electron chi connectivity index (χ0n) is 16.5. The molecule has 6 nitrogen and oxygen atoms in total. The van der Waals surface area contributed by atoms with Crippen molar-refractivity contribution in [2.45, 2.75) is 26.7 Å². The molecule has 0 fully saturated rings. The molecule has 2 aromatic carbocycles. The molecule has 6 heteroatoms. The molecule has 2 N–H and O–H groups in total. The number of rotatable bonds is 8. The lowest BCUT2D eigenvalue weighted by Crippen LogP contribution is -2.35. The molecule has 3 rings (SSSR count). The number of amides is 1. The summed E-state index contributed by atoms with van der Waals surface area (Å²) < 4.78 is 5.67. The van der Waals surface area contributed by atoms with Crippen LogP contribution in [0.4, 0.5) is 0 Å². The Morgan fingerprint density at radius 2 is 1.86 bits per heavy atom. The molecule has 0 radical (unpaired) electrons. The van der Waals surface area contributed by atoms with E-state index < -0.39 is 11.9 Å². The Kier molecular flexibility index (Phi) is 6.44. The van der Waals surface area contributed by atoms with Crippen LogP contribution in [-0.4, -0.2) is 28.5 Å². The Labute approximate surface area is 169 Å². The SMILES string of the molecule is Cc1cccc(CC(CNC(=O)Cc2nc(-c3ccccc3)oc2C)C(=O)O)c1. The van der Waals surface area contributed by atoms with Gasteiger partial charge < -0.3 is 14.8 Å². The van der Waals surface area contributed by atoms with Gasteiger partial charge in [-0.2, -0.15) is 0 Å². The summed E-state index contributed by atoms with van der Waals surface area (Å²) in [7, 11) is 0. The zero-order valence-corrected chi connectivity index (χ0v) is 16.5. The van der Waals surface area contributed by atoms with Crippen molar-refractivity contribution < 1.29 is 19.1 Å². The highest BCUT2D eigenvalue weighted by Gasteiger charge is 2.20. The predicted octanol–water partition coefficient (Wildman–Crippen LogP) is 3.56. The average Bonchev–Trinajstić information content (AvgIpc) is 3.06. The molecule has 1 amide bonds. The van der Waals surface area contributed by atoms with Gasteiger partial charge in [0.05, 0.1) is 18.0 Å². The molecule has 29 heavy (non-hydrogen) atoms. The summed E-state index contributed by atoms with van der Waals surface area (Å²) in [5, 5.41) is 12.2. The Morgan fingerprint density at radius 3 is 2.55 bits per heavy atom. The minimum atomic E-state index is -0.934. The lowest BCUT2D eigenvalue weighted by Gasteiger charge is -2.14. The van der Waals surface area contributed by atoms with E-state index in [2.05, 4.69) is 10.3 Å². The smallest absolute Gasteiger partial charge is 0.308 e. The molecule has 1 atom stereocenters. The molecule has 0 aliphatic heterocycles. The molecule has 150 valence electrons. The van der Waals surface area contributed by atoms with Crippen LogP contribution in [0.5, 0.6) is 0 Å². The van der Waals surface area contributed by atoms with Crippen LogP contribution in [-0.2, 0) is 22.4 Å². The van der Waals surface area contributed by atoms with E-state index in [-0.39, 0.29) is 18.9 Å². The van der Waals surface area contributed by atoms with Gasteiger partial charge in [-0.3, -0.25) is 9.59 Å². The van der Waals surface area contributed by atoms with Crippen molar-refractivity contribution in [3.05, 3.63) is 77.2 Å². The fraction of sp³-hybridized carbons (Fsp3) is 0.261. The highest BCUT2D eigenvalue weighted by Crippen LogP contribution is 2.21. The standard InChI is InChI=1S/C23H24N2O4/c1-15-7-6-8-17(11-15)12-19(23(27)28)14-24-21(26)13-20-16(2)29-22(25-20)18-9-4-3-5-10-18/h3-11,19H,12-14H2,1-2H3,(H,24,26)(H,27,28). The Hall–Kier alpha value is -3.41. The minimum absolute atomic E-state index is 0.0406. The maximum Gasteiger partial charge on any atom is 0.308 e. The Balaban J connectivity index is 1.60. The van der Waals surface area contributed by atoms with Crippen LogP contribution in [0, 0.1) is 19.8 Å². The number of aryl methyl sites for hydroxylation is 2. The molecule has 1 aromatic heterocycles. The summed E-state index contributed by atoms with van der Waals surface area (Å²) in [4.78, 5) is 28.4. The van der Waals surface area contributed by atoms with E-state index in [4.69, 9.17) is 4.42 Å². The third-order valence-electron chi connectivity index (χ3n) is 4.70. The van der Waals surface area contributed by atoms with Crippen molar-refractivity contribution >= 4 is 11.9 Å². The molecule has 1 unspecified atom stereocenters. The van der Waals surface area contributed by atoms with E-state index in [0.717, 1.165) is 16.7 Å². The van der Waals surface area contributed by atoms with Crippen LogP contribution < -0.4 is 5.32 Å². The largest absolute Gasteiger partial charge is 0.481 e. The molecule has 0 bridgehead atoms. The third-order valence-corrected chi connectivity index (χ3v) is 4.70. The molecule has 0 spiro atoms. The number of aliphatic carboxylic acids is 1. The number of carboxylic acids is 1. The number of benzene rings is 2. The first kappa shape index (κ1) is 20.3. The van der Waals surface area contributed by atoms with E-state index in [9.17, 15) is 14.7 Å². The summed E-state index contributed by atoms with van der Waals surface area (Å²) in [5.41, 5.74) is 3.40. The monoisotopic (exact) mass is 392 g/mol. The number of aromatic nitrogens is 1. The van der Waals surface area contributed by atoms with Crippen molar-refractivity contribution in [1.29, 1.82) is 0 Å². The van der Waals surface area contributed by atoms with E-state index in [1.807, 2.05) is 61.5 Å². The number of carbonyl (C=O) groups is 2. The van der Waals surface area contributed by atoms with Crippen LogP contribution in [0.25, 0.3) is 11.5 Å². The quantitative estimate of drug-likeness (QED) is 0.611. The summed E-state index contributed by atoms with van der Waals surface area (Å²) in [6.07, 6.45) is 0.400. The first-order valence-corrected chi connectivity index (χ1v) is 9.49. The summed E-state index contributed by atoms with van der Waals surface area (Å²) in [5.74, 6) is -0.867. The molecular formula is C23H24N2O4. The summed E-state index contributed by atoms with van der Waals surface area (Å²) >= 11 is 0. The minimum Gasteiger partial charge on any atom is -0.481 e. The van der Waals surface area contributed by atoms with Gasteiger partial charge in [0.25, 0.3) is 0 Å². The number of hydrogen-bond donors (Lipinski definition) is 2. The maximum absolute atomic E-state index is 12.4. The number of nitrogens with one attached hydrogen (secondary N) is 1. The number of carbonyl (C=O) groups excluding carboxylic acids is 1. The van der Waals surface area contributed by atoms with Crippen LogP contribution >= 0.6 is 0 Å². The van der Waals surface area contributed by atoms with Crippen molar-refractivity contribution in [2.24, 2.45) is 5.92 Å². The van der Waals surface area contributed by atoms with Gasteiger partial charge in [0.2, 0.25) is 11.8 Å². The fourth-order valence-corrected chi connectivity index (χ4v) is 3.12. The van der Waals surface area contributed by atoms with Crippen molar-refractivity contribution in [1.82, 2.24) is 10.3 Å². The van der Waals surface area contributed by atoms with Gasteiger partial charge in [-0.05, 0) is 38.0 Å². The van der Waals surface area contributed by atoms with E-state index in [0.29, 0.717) is 23.8 Å². The lowest BCUT2D eigenvalue weighted by atomic mass is 9.98.